The van der Waals surface area contributed by atoms with Crippen LogP contribution >= 0.6 is 24.0 Å². The molecule has 0 amide bonds. The number of halogens is 1. The number of nitrogens with zero attached hydrogens (tertiary/aromatic N) is 1. The Hall–Kier alpha value is -1.07. The van der Waals surface area contributed by atoms with Crippen LogP contribution in [-0.2, 0) is 21.1 Å². The van der Waals surface area contributed by atoms with Gasteiger partial charge < -0.3 is 20.1 Å². The van der Waals surface area contributed by atoms with Crippen LogP contribution in [0.5, 0.6) is 5.75 Å². The van der Waals surface area contributed by atoms with E-state index in [0.717, 1.165) is 17.7 Å². The first-order valence-corrected chi connectivity index (χ1v) is 10.2. The Kier molecular flexibility index (Phi) is 10.3. The lowest BCUT2D eigenvalue weighted by Crippen LogP contribution is -2.43. The summed E-state index contributed by atoms with van der Waals surface area (Å²) in [6, 6.07) is 7.77. The summed E-state index contributed by atoms with van der Waals surface area (Å²) in [5, 5.41) is 6.38. The Bertz CT molecular complexity index is 682. The van der Waals surface area contributed by atoms with E-state index in [-0.39, 0.29) is 41.5 Å². The molecule has 0 bridgehead atoms. The molecule has 2 N–H and O–H groups in total. The van der Waals surface area contributed by atoms with Crippen molar-refractivity contribution in [2.24, 2.45) is 4.99 Å². The lowest BCUT2D eigenvalue weighted by Gasteiger charge is -2.16. The minimum absolute atomic E-state index is 0. The Morgan fingerprint density at radius 1 is 1.35 bits per heavy atom. The van der Waals surface area contributed by atoms with Crippen LogP contribution in [0.25, 0.3) is 0 Å². The standard InChI is InChI=1S/C17H27N3O4S.HI/c1-18-17(20-15-7-10-25(21,22)13-15)19-12-14-5-3-6-16(11-14)24-9-4-8-23-2;/h3,5-6,11,15H,4,7-10,12-13H2,1-2H3,(H2,18,19,20);1H. The van der Waals surface area contributed by atoms with Crippen molar-refractivity contribution in [3.8, 4) is 5.75 Å². The molecule has 2 rings (SSSR count). The third kappa shape index (κ3) is 8.09. The van der Waals surface area contributed by atoms with Crippen LogP contribution in [0, 0.1) is 0 Å². The van der Waals surface area contributed by atoms with Crippen LogP contribution in [0.15, 0.2) is 29.3 Å². The molecule has 9 heteroatoms. The van der Waals surface area contributed by atoms with Crippen molar-refractivity contribution < 1.29 is 17.9 Å². The predicted octanol–water partition coefficient (Wildman–Crippen LogP) is 1.57. The van der Waals surface area contributed by atoms with Gasteiger partial charge in [-0.15, -0.1) is 24.0 Å². The highest BCUT2D eigenvalue weighted by atomic mass is 127. The van der Waals surface area contributed by atoms with Gasteiger partial charge in [-0.1, -0.05) is 12.1 Å². The fourth-order valence-corrected chi connectivity index (χ4v) is 4.29. The fraction of sp³-hybridized carbons (Fsp3) is 0.588. The van der Waals surface area contributed by atoms with Gasteiger partial charge in [-0.25, -0.2) is 8.42 Å². The van der Waals surface area contributed by atoms with Crippen molar-refractivity contribution in [3.63, 3.8) is 0 Å². The zero-order chi connectivity index (χ0) is 18.1. The molecule has 0 aliphatic carbocycles. The maximum atomic E-state index is 11.5. The number of benzene rings is 1. The minimum Gasteiger partial charge on any atom is -0.493 e. The van der Waals surface area contributed by atoms with Gasteiger partial charge in [-0.05, 0) is 24.1 Å². The number of aliphatic imine (C=N–C) groups is 1. The summed E-state index contributed by atoms with van der Waals surface area (Å²) in [6.45, 7) is 1.87. The van der Waals surface area contributed by atoms with E-state index in [9.17, 15) is 8.42 Å². The van der Waals surface area contributed by atoms with E-state index in [4.69, 9.17) is 9.47 Å². The van der Waals surface area contributed by atoms with E-state index in [1.54, 1.807) is 14.2 Å². The van der Waals surface area contributed by atoms with E-state index in [1.165, 1.54) is 0 Å². The highest BCUT2D eigenvalue weighted by molar-refractivity contribution is 14.0. The Labute approximate surface area is 172 Å². The van der Waals surface area contributed by atoms with Gasteiger partial charge in [-0.2, -0.15) is 0 Å². The van der Waals surface area contributed by atoms with Gasteiger partial charge in [0.25, 0.3) is 0 Å². The van der Waals surface area contributed by atoms with Crippen LogP contribution in [-0.4, -0.2) is 59.3 Å². The topological polar surface area (TPSA) is 89.0 Å². The van der Waals surface area contributed by atoms with E-state index >= 15 is 0 Å². The number of methoxy groups -OCH3 is 1. The van der Waals surface area contributed by atoms with Crippen molar-refractivity contribution in [3.05, 3.63) is 29.8 Å². The first-order chi connectivity index (χ1) is 12.0. The molecule has 1 fully saturated rings. The molecule has 1 atom stereocenters. The third-order valence-corrected chi connectivity index (χ3v) is 5.68. The van der Waals surface area contributed by atoms with Crippen molar-refractivity contribution in [1.29, 1.82) is 0 Å². The van der Waals surface area contributed by atoms with Gasteiger partial charge in [0.05, 0.1) is 18.1 Å². The number of sulfone groups is 1. The van der Waals surface area contributed by atoms with Gasteiger partial charge in [0.2, 0.25) is 0 Å². The molecule has 148 valence electrons. The zero-order valence-electron chi connectivity index (χ0n) is 15.2. The summed E-state index contributed by atoms with van der Waals surface area (Å²) in [4.78, 5) is 4.16. The number of ether oxygens (including phenoxy) is 2. The molecule has 1 saturated heterocycles. The van der Waals surface area contributed by atoms with Crippen LogP contribution in [0.2, 0.25) is 0 Å². The second-order valence-corrected chi connectivity index (χ2v) is 8.24. The molecule has 26 heavy (non-hydrogen) atoms. The Morgan fingerprint density at radius 3 is 2.81 bits per heavy atom. The SMILES string of the molecule is CN=C(NCc1cccc(OCCCOC)c1)NC1CCS(=O)(=O)C1.I. The molecule has 7 nitrogen and oxygen atoms in total. The van der Waals surface area contributed by atoms with Gasteiger partial charge in [-0.3, -0.25) is 4.99 Å². The molecule has 0 radical (unpaired) electrons. The largest absolute Gasteiger partial charge is 0.493 e. The van der Waals surface area contributed by atoms with E-state index in [1.807, 2.05) is 24.3 Å². The molecule has 1 aliphatic heterocycles. The summed E-state index contributed by atoms with van der Waals surface area (Å²) < 4.78 is 33.8. The van der Waals surface area contributed by atoms with Gasteiger partial charge in [0, 0.05) is 39.8 Å². The van der Waals surface area contributed by atoms with Crippen LogP contribution < -0.4 is 15.4 Å². The monoisotopic (exact) mass is 497 g/mol. The molecule has 0 aromatic heterocycles. The number of nitrogens with one attached hydrogen (secondary N) is 2. The lowest BCUT2D eigenvalue weighted by molar-refractivity contribution is 0.172. The second kappa shape index (κ2) is 11.6. The van der Waals surface area contributed by atoms with E-state index in [0.29, 0.717) is 32.1 Å². The highest BCUT2D eigenvalue weighted by Crippen LogP contribution is 2.14. The van der Waals surface area contributed by atoms with Gasteiger partial charge in [0.15, 0.2) is 15.8 Å². The second-order valence-electron chi connectivity index (χ2n) is 6.01. The summed E-state index contributed by atoms with van der Waals surface area (Å²) in [5.41, 5.74) is 1.06. The fourth-order valence-electron chi connectivity index (χ4n) is 2.62. The number of rotatable bonds is 8. The van der Waals surface area contributed by atoms with Gasteiger partial charge in [0.1, 0.15) is 5.75 Å². The summed E-state index contributed by atoms with van der Waals surface area (Å²) in [7, 11) is 0.444. The molecular formula is C17H28IN3O4S. The molecule has 1 unspecified atom stereocenters. The van der Waals surface area contributed by atoms with E-state index in [2.05, 4.69) is 15.6 Å². The normalized spacial score (nSPS) is 18.8. The molecule has 1 aromatic rings. The molecule has 0 saturated carbocycles. The molecule has 0 spiro atoms. The van der Waals surface area contributed by atoms with Crippen LogP contribution in [0.3, 0.4) is 0 Å². The molecule has 1 aliphatic rings. The number of hydrogen-bond acceptors (Lipinski definition) is 5. The van der Waals surface area contributed by atoms with Crippen molar-refractivity contribution in [1.82, 2.24) is 10.6 Å². The first-order valence-electron chi connectivity index (χ1n) is 8.40. The lowest BCUT2D eigenvalue weighted by atomic mass is 10.2. The van der Waals surface area contributed by atoms with Crippen molar-refractivity contribution in [2.75, 3.05) is 38.9 Å². The number of guanidine groups is 1. The predicted molar refractivity (Wildman–Crippen MR) is 114 cm³/mol. The summed E-state index contributed by atoms with van der Waals surface area (Å²) in [5.74, 6) is 1.83. The quantitative estimate of drug-likeness (QED) is 0.246. The molecule has 1 heterocycles. The maximum absolute atomic E-state index is 11.5. The average molecular weight is 497 g/mol. The van der Waals surface area contributed by atoms with Crippen LogP contribution in [0.4, 0.5) is 0 Å². The maximum Gasteiger partial charge on any atom is 0.191 e. The average Bonchev–Trinajstić information content (AvgIpc) is 2.94. The molecule has 1 aromatic carbocycles. The minimum atomic E-state index is -2.91. The Balaban J connectivity index is 0.00000338. The highest BCUT2D eigenvalue weighted by Gasteiger charge is 2.28. The van der Waals surface area contributed by atoms with E-state index < -0.39 is 9.84 Å². The first kappa shape index (κ1) is 23.0. The number of hydrogen-bond donors (Lipinski definition) is 2. The van der Waals surface area contributed by atoms with Gasteiger partial charge >= 0.3 is 0 Å². The van der Waals surface area contributed by atoms with Crippen LogP contribution in [0.1, 0.15) is 18.4 Å². The summed E-state index contributed by atoms with van der Waals surface area (Å²) >= 11 is 0. The zero-order valence-corrected chi connectivity index (χ0v) is 18.4. The third-order valence-electron chi connectivity index (χ3n) is 3.92. The smallest absolute Gasteiger partial charge is 0.191 e. The Morgan fingerprint density at radius 2 is 2.15 bits per heavy atom. The summed E-state index contributed by atoms with van der Waals surface area (Å²) in [6.07, 6.45) is 1.47. The van der Waals surface area contributed by atoms with Crippen molar-refractivity contribution >= 4 is 39.8 Å². The van der Waals surface area contributed by atoms with Crippen molar-refractivity contribution in [2.45, 2.75) is 25.4 Å². The molecular weight excluding hydrogens is 469 g/mol.